The number of aliphatic hydroxyl groups is 4. The van der Waals surface area contributed by atoms with E-state index >= 15 is 0 Å². The zero-order valence-electron chi connectivity index (χ0n) is 2.29. The highest BCUT2D eigenvalue weighted by Crippen LogP contribution is 1.75. The van der Waals surface area contributed by atoms with Crippen molar-refractivity contribution in [3.8, 4) is 0 Å². The maximum atomic E-state index is 7.19. The van der Waals surface area contributed by atoms with E-state index in [1.54, 1.807) is 0 Å². The average Bonchev–Trinajstić information content (AvgIpc) is 0.722. The molecule has 0 rings (SSSR count). The Hall–Kier alpha value is -0.160. The van der Waals surface area contributed by atoms with Crippen LogP contribution < -0.4 is 0 Å². The molecule has 0 bridgehead atoms. The van der Waals surface area contributed by atoms with Crippen molar-refractivity contribution >= 4 is 0 Å². The second-order valence-corrected chi connectivity index (χ2v) is 0.600. The van der Waals surface area contributed by atoms with Gasteiger partial charge in [-0.1, -0.05) is 0 Å². The summed E-state index contributed by atoms with van der Waals surface area (Å²) in [5.74, 6) is 0. The topological polar surface area (TPSA) is 80.9 Å². The molecule has 0 atom stereocenters. The molecule has 4 N–H and O–H groups in total. The van der Waals surface area contributed by atoms with Crippen LogP contribution in [0.15, 0.2) is 0 Å². The van der Waals surface area contributed by atoms with Gasteiger partial charge < -0.3 is 20.4 Å². The summed E-state index contributed by atoms with van der Waals surface area (Å²) in [5.41, 5.74) is 0. The first kappa shape index (κ1) is 4.84. The maximum absolute atomic E-state index is 7.19. The first-order valence-electron chi connectivity index (χ1n) is 0.894. The van der Waals surface area contributed by atoms with Crippen molar-refractivity contribution in [1.29, 1.82) is 0 Å². The van der Waals surface area contributed by atoms with Crippen molar-refractivity contribution < 1.29 is 20.4 Å². The molecular formula is CH4O4. The minimum atomic E-state index is -3.50. The third-order valence-corrected chi connectivity index (χ3v) is 0. The molecule has 0 aromatic rings. The Morgan fingerprint density at radius 3 is 0.800 bits per heavy atom. The fourth-order valence-electron chi connectivity index (χ4n) is 0. The van der Waals surface area contributed by atoms with E-state index in [4.69, 9.17) is 20.4 Å². The molecule has 0 radical (unpaired) electrons. The van der Waals surface area contributed by atoms with Crippen LogP contribution in [0.1, 0.15) is 0 Å². The molecule has 0 aliphatic heterocycles. The van der Waals surface area contributed by atoms with Gasteiger partial charge in [0.25, 0.3) is 0 Å². The zero-order chi connectivity index (χ0) is 4.50. The molecule has 0 aliphatic rings. The van der Waals surface area contributed by atoms with E-state index in [0.717, 1.165) is 0 Å². The minimum absolute atomic E-state index is 3.50. The lowest BCUT2D eigenvalue weighted by Crippen LogP contribution is -2.25. The molecule has 4 heteroatoms. The van der Waals surface area contributed by atoms with Gasteiger partial charge in [-0.15, -0.1) is 0 Å². The summed E-state index contributed by atoms with van der Waals surface area (Å²) < 4.78 is 0. The monoisotopic (exact) mass is 80.0 g/mol. The summed E-state index contributed by atoms with van der Waals surface area (Å²) >= 11 is 0. The highest BCUT2D eigenvalue weighted by molar-refractivity contribution is 3.99. The van der Waals surface area contributed by atoms with E-state index in [1.807, 2.05) is 0 Å². The van der Waals surface area contributed by atoms with E-state index in [-0.39, 0.29) is 0 Å². The molecule has 0 saturated carbocycles. The van der Waals surface area contributed by atoms with Gasteiger partial charge in [-0.2, -0.15) is 0 Å². The van der Waals surface area contributed by atoms with E-state index in [2.05, 4.69) is 0 Å². The quantitative estimate of drug-likeness (QED) is 0.244. The van der Waals surface area contributed by atoms with Crippen LogP contribution >= 0.6 is 0 Å². The molecule has 0 heterocycles. The molecule has 0 aromatic carbocycles. The molecule has 0 saturated heterocycles. The summed E-state index contributed by atoms with van der Waals surface area (Å²) in [6.07, 6.45) is -3.50. The third-order valence-electron chi connectivity index (χ3n) is 0. The molecule has 5 heavy (non-hydrogen) atoms. The van der Waals surface area contributed by atoms with E-state index in [0.29, 0.717) is 0 Å². The summed E-state index contributed by atoms with van der Waals surface area (Å²) in [5, 5.41) is 28.8. The van der Waals surface area contributed by atoms with E-state index < -0.39 is 6.16 Å². The van der Waals surface area contributed by atoms with Crippen molar-refractivity contribution in [2.75, 3.05) is 0 Å². The van der Waals surface area contributed by atoms with Gasteiger partial charge in [0.15, 0.2) is 0 Å². The summed E-state index contributed by atoms with van der Waals surface area (Å²) in [6.45, 7) is 0. The molecule has 0 aliphatic carbocycles. The van der Waals surface area contributed by atoms with Crippen LogP contribution in [0.25, 0.3) is 0 Å². The van der Waals surface area contributed by atoms with Gasteiger partial charge in [-0.3, -0.25) is 0 Å². The zero-order valence-corrected chi connectivity index (χ0v) is 2.29. The number of hydrogen-bond acceptors (Lipinski definition) is 4. The first-order valence-corrected chi connectivity index (χ1v) is 0.894. The first-order chi connectivity index (χ1) is 2.00. The molecule has 0 spiro atoms. The molecule has 0 unspecified atom stereocenters. The van der Waals surface area contributed by atoms with Crippen molar-refractivity contribution in [3.05, 3.63) is 0 Å². The van der Waals surface area contributed by atoms with Gasteiger partial charge >= 0.3 is 6.16 Å². The predicted molar refractivity (Wildman–Crippen MR) is 11.6 cm³/mol. The van der Waals surface area contributed by atoms with Gasteiger partial charge in [0.05, 0.1) is 0 Å². The summed E-state index contributed by atoms with van der Waals surface area (Å²) in [6, 6.07) is 0. The lowest BCUT2D eigenvalue weighted by atomic mass is 11.2. The van der Waals surface area contributed by atoms with Crippen LogP contribution in [-0.4, -0.2) is 26.6 Å². The van der Waals surface area contributed by atoms with E-state index in [1.165, 1.54) is 0 Å². The molecule has 0 amide bonds. The maximum Gasteiger partial charge on any atom is 0.402 e. The van der Waals surface area contributed by atoms with Crippen LogP contribution in [0.4, 0.5) is 0 Å². The Morgan fingerprint density at radius 1 is 0.800 bits per heavy atom. The Labute approximate surface area is 27.9 Å². The lowest BCUT2D eigenvalue weighted by Gasteiger charge is -1.99. The second-order valence-electron chi connectivity index (χ2n) is 0.600. The van der Waals surface area contributed by atoms with Crippen LogP contribution in [0.5, 0.6) is 0 Å². The van der Waals surface area contributed by atoms with Crippen molar-refractivity contribution in [1.82, 2.24) is 0 Å². The standard InChI is InChI=1S/CH4O4/c2-1(3,4)5/h2-5H. The van der Waals surface area contributed by atoms with Gasteiger partial charge in [0, 0.05) is 0 Å². The van der Waals surface area contributed by atoms with Gasteiger partial charge in [0.2, 0.25) is 0 Å². The largest absolute Gasteiger partial charge is 0.402 e. The smallest absolute Gasteiger partial charge is 0.319 e. The Morgan fingerprint density at radius 2 is 0.800 bits per heavy atom. The van der Waals surface area contributed by atoms with Crippen molar-refractivity contribution in [3.63, 3.8) is 0 Å². The SMILES string of the molecule is OC(O)(O)O. The number of hydrogen-bond donors (Lipinski definition) is 4. The van der Waals surface area contributed by atoms with Crippen LogP contribution in [-0.2, 0) is 0 Å². The number of rotatable bonds is 0. The molecule has 0 fully saturated rings. The van der Waals surface area contributed by atoms with Crippen LogP contribution in [0, 0.1) is 0 Å². The van der Waals surface area contributed by atoms with Gasteiger partial charge in [-0.25, -0.2) is 0 Å². The molecular weight excluding hydrogens is 76.0 g/mol. The average molecular weight is 80.0 g/mol. The molecule has 4 nitrogen and oxygen atoms in total. The molecule has 0 aromatic heterocycles. The second kappa shape index (κ2) is 0.908. The highest BCUT2D eigenvalue weighted by atomic mass is 16.8. The Balaban J connectivity index is 3.02. The van der Waals surface area contributed by atoms with Crippen molar-refractivity contribution in [2.24, 2.45) is 0 Å². The molecule has 32 valence electrons. The normalized spacial score (nSPS) is 12.0. The van der Waals surface area contributed by atoms with Crippen LogP contribution in [0.3, 0.4) is 0 Å². The van der Waals surface area contributed by atoms with Gasteiger partial charge in [0.1, 0.15) is 0 Å². The lowest BCUT2D eigenvalue weighted by molar-refractivity contribution is -0.436. The fourth-order valence-corrected chi connectivity index (χ4v) is 0. The van der Waals surface area contributed by atoms with Crippen LogP contribution in [0.2, 0.25) is 0 Å². The highest BCUT2D eigenvalue weighted by Gasteiger charge is 2.07. The van der Waals surface area contributed by atoms with Gasteiger partial charge in [-0.05, 0) is 0 Å². The Bertz CT molecular complexity index is 19.1. The van der Waals surface area contributed by atoms with E-state index in [9.17, 15) is 0 Å². The van der Waals surface area contributed by atoms with Crippen molar-refractivity contribution in [2.45, 2.75) is 6.16 Å². The fraction of sp³-hybridized carbons (Fsp3) is 1.00. The predicted octanol–water partition coefficient (Wildman–Crippen LogP) is -2.43. The summed E-state index contributed by atoms with van der Waals surface area (Å²) in [4.78, 5) is 0. The minimum Gasteiger partial charge on any atom is -0.319 e. The third kappa shape index (κ3) is 508. The summed E-state index contributed by atoms with van der Waals surface area (Å²) in [7, 11) is 0. The Kier molecular flexibility index (Phi) is 0.879.